The molecule has 0 saturated carbocycles. The minimum Gasteiger partial charge on any atom is -0.507 e. The Bertz CT molecular complexity index is 2180. The molecule has 0 unspecified atom stereocenters. The van der Waals surface area contributed by atoms with Gasteiger partial charge < -0.3 is 30.6 Å². The van der Waals surface area contributed by atoms with Gasteiger partial charge in [0.25, 0.3) is 0 Å². The van der Waals surface area contributed by atoms with Gasteiger partial charge in [-0.05, 0) is 72.1 Å². The van der Waals surface area contributed by atoms with E-state index >= 15 is 0 Å². The first-order chi connectivity index (χ1) is 22.8. The van der Waals surface area contributed by atoms with Crippen molar-refractivity contribution in [3.63, 3.8) is 0 Å². The quantitative estimate of drug-likeness (QED) is 0.0695. The minimum absolute atomic E-state index is 0.125. The molecule has 0 saturated heterocycles. The number of hydrogen-bond acceptors (Lipinski definition) is 8. The Balaban J connectivity index is 1.51. The zero-order chi connectivity index (χ0) is 34.6. The van der Waals surface area contributed by atoms with Crippen molar-refractivity contribution in [2.45, 2.75) is 26.7 Å². The highest BCUT2D eigenvalue weighted by molar-refractivity contribution is 9.10. The van der Waals surface area contributed by atoms with Gasteiger partial charge in [-0.25, -0.2) is 0 Å². The molecule has 0 heterocycles. The van der Waals surface area contributed by atoms with E-state index in [1.54, 1.807) is 74.5 Å². The van der Waals surface area contributed by atoms with Gasteiger partial charge in [-0.3, -0.25) is 9.59 Å². The Morgan fingerprint density at radius 1 is 0.521 bits per heavy atom. The molecule has 48 heavy (non-hydrogen) atoms. The molecule has 6 aromatic carbocycles. The molecule has 0 bridgehead atoms. The summed E-state index contributed by atoms with van der Waals surface area (Å²) in [4.78, 5) is 26.4. The molecular weight excluding hydrogens is 744 g/mol. The number of phenols is 6. The van der Waals surface area contributed by atoms with Crippen LogP contribution in [0, 0.1) is 13.8 Å². The molecule has 0 fully saturated rings. The standard InChI is InChI=1S/C38H28Br2O8/c1-17-9-23-25(13-29(41)19-5-3-7-21(39)11-19)35(45)31(43)15-27(23)37(47)33(17)34-18(2)10-24-26(36(46)32(44)16-28(24)38(34)48)14-30(42)20-6-4-8-22(40)12-20/h3-12,15-16,43-48H,13-14H2,1-2H3. The fourth-order valence-corrected chi connectivity index (χ4v) is 7.03. The Kier molecular flexibility index (Phi) is 8.57. The minimum atomic E-state index is -0.538. The van der Waals surface area contributed by atoms with Gasteiger partial charge >= 0.3 is 0 Å². The molecule has 0 aliphatic carbocycles. The number of phenolic OH excluding ortho intramolecular Hbond substituents is 6. The highest BCUT2D eigenvalue weighted by atomic mass is 79.9. The van der Waals surface area contributed by atoms with Crippen molar-refractivity contribution < 1.29 is 40.2 Å². The van der Waals surface area contributed by atoms with Crippen molar-refractivity contribution in [3.8, 4) is 45.6 Å². The molecule has 0 atom stereocenters. The van der Waals surface area contributed by atoms with E-state index in [2.05, 4.69) is 31.9 Å². The highest BCUT2D eigenvalue weighted by Gasteiger charge is 2.26. The number of aryl methyl sites for hydroxylation is 2. The van der Waals surface area contributed by atoms with Crippen LogP contribution in [0.5, 0.6) is 34.5 Å². The highest BCUT2D eigenvalue weighted by Crippen LogP contribution is 2.51. The second-order valence-corrected chi connectivity index (χ2v) is 13.5. The molecule has 0 spiro atoms. The smallest absolute Gasteiger partial charge is 0.167 e. The van der Waals surface area contributed by atoms with E-state index < -0.39 is 23.0 Å². The van der Waals surface area contributed by atoms with Crippen LogP contribution in [0.2, 0.25) is 0 Å². The van der Waals surface area contributed by atoms with Crippen LogP contribution < -0.4 is 0 Å². The molecule has 0 aliphatic rings. The van der Waals surface area contributed by atoms with Crippen molar-refractivity contribution >= 4 is 65.0 Å². The maximum absolute atomic E-state index is 13.2. The van der Waals surface area contributed by atoms with Crippen LogP contribution in [-0.2, 0) is 12.8 Å². The lowest BCUT2D eigenvalue weighted by Crippen LogP contribution is -2.05. The molecule has 0 aromatic heterocycles. The summed E-state index contributed by atoms with van der Waals surface area (Å²) >= 11 is 6.71. The predicted octanol–water partition coefficient (Wildman–Crippen LogP) is 8.89. The summed E-state index contributed by atoms with van der Waals surface area (Å²) < 4.78 is 1.41. The first-order valence-electron chi connectivity index (χ1n) is 14.7. The van der Waals surface area contributed by atoms with Crippen LogP contribution in [0.15, 0.2) is 81.7 Å². The van der Waals surface area contributed by atoms with E-state index in [9.17, 15) is 40.2 Å². The molecule has 6 N–H and O–H groups in total. The van der Waals surface area contributed by atoms with Crippen LogP contribution >= 0.6 is 31.9 Å². The van der Waals surface area contributed by atoms with Gasteiger partial charge in [0.05, 0.1) is 0 Å². The number of hydrogen-bond donors (Lipinski definition) is 6. The molecule has 242 valence electrons. The van der Waals surface area contributed by atoms with Crippen LogP contribution in [0.1, 0.15) is 43.0 Å². The number of Topliss-reactive ketones (excluding diaryl/α,β-unsaturated/α-hetero) is 2. The molecule has 0 amide bonds. The predicted molar refractivity (Wildman–Crippen MR) is 191 cm³/mol. The van der Waals surface area contributed by atoms with Crippen molar-refractivity contribution in [2.24, 2.45) is 0 Å². The van der Waals surface area contributed by atoms with Gasteiger partial charge in [-0.1, -0.05) is 68.3 Å². The molecule has 8 nitrogen and oxygen atoms in total. The third-order valence-corrected chi connectivity index (χ3v) is 9.55. The number of fused-ring (bicyclic) bond motifs is 2. The number of carbonyl (C=O) groups excluding carboxylic acids is 2. The molecule has 6 rings (SSSR count). The molecule has 10 heteroatoms. The summed E-state index contributed by atoms with van der Waals surface area (Å²) in [5.74, 6) is -3.32. The maximum atomic E-state index is 13.2. The number of benzene rings is 6. The van der Waals surface area contributed by atoms with E-state index in [0.29, 0.717) is 42.0 Å². The van der Waals surface area contributed by atoms with E-state index in [1.165, 1.54) is 12.1 Å². The third kappa shape index (κ3) is 5.71. The summed E-state index contributed by atoms with van der Waals surface area (Å²) in [5, 5.41) is 67.4. The van der Waals surface area contributed by atoms with Crippen LogP contribution in [0.25, 0.3) is 32.7 Å². The monoisotopic (exact) mass is 770 g/mol. The summed E-state index contributed by atoms with van der Waals surface area (Å²) in [6.45, 7) is 3.38. The summed E-state index contributed by atoms with van der Waals surface area (Å²) in [7, 11) is 0. The summed E-state index contributed by atoms with van der Waals surface area (Å²) in [6, 6.07) is 19.3. The maximum Gasteiger partial charge on any atom is 0.167 e. The number of rotatable bonds is 7. The van der Waals surface area contributed by atoms with Crippen molar-refractivity contribution in [2.75, 3.05) is 0 Å². The zero-order valence-corrected chi connectivity index (χ0v) is 28.8. The topological polar surface area (TPSA) is 156 Å². The second kappa shape index (κ2) is 12.5. The number of carbonyl (C=O) groups is 2. The largest absolute Gasteiger partial charge is 0.507 e. The van der Waals surface area contributed by atoms with Crippen LogP contribution in [0.3, 0.4) is 0 Å². The lowest BCUT2D eigenvalue weighted by atomic mass is 9.86. The second-order valence-electron chi connectivity index (χ2n) is 11.7. The van der Waals surface area contributed by atoms with Gasteiger partial charge in [0.2, 0.25) is 0 Å². The number of aromatic hydroxyl groups is 6. The van der Waals surface area contributed by atoms with Gasteiger partial charge in [-0.2, -0.15) is 0 Å². The Morgan fingerprint density at radius 3 is 1.25 bits per heavy atom. The van der Waals surface area contributed by atoms with Gasteiger partial charge in [-0.15, -0.1) is 0 Å². The lowest BCUT2D eigenvalue weighted by Gasteiger charge is -2.20. The SMILES string of the molecule is Cc1cc2c(CC(=O)c3cccc(Br)c3)c(O)c(O)cc2c(O)c1-c1c(C)cc2c(CC(=O)c3cccc(Br)c3)c(O)c(O)cc2c1O. The van der Waals surface area contributed by atoms with E-state index in [1.807, 2.05) is 0 Å². The van der Waals surface area contributed by atoms with Crippen LogP contribution in [0.4, 0.5) is 0 Å². The zero-order valence-electron chi connectivity index (χ0n) is 25.6. The van der Waals surface area contributed by atoms with E-state index in [0.717, 1.165) is 0 Å². The lowest BCUT2D eigenvalue weighted by molar-refractivity contribution is 0.0984. The van der Waals surface area contributed by atoms with Crippen molar-refractivity contribution in [1.82, 2.24) is 0 Å². The summed E-state index contributed by atoms with van der Waals surface area (Å²) in [5.41, 5.74) is 2.42. The molecule has 0 radical (unpaired) electrons. The first-order valence-corrected chi connectivity index (χ1v) is 16.3. The third-order valence-electron chi connectivity index (χ3n) is 8.56. The average molecular weight is 772 g/mol. The summed E-state index contributed by atoms with van der Waals surface area (Å²) in [6.07, 6.45) is -0.536. The first kappa shape index (κ1) is 32.9. The van der Waals surface area contributed by atoms with Gasteiger partial charge in [0.1, 0.15) is 11.5 Å². The van der Waals surface area contributed by atoms with Crippen molar-refractivity contribution in [3.05, 3.63) is 115 Å². The molecular formula is C38H28Br2O8. The Hall–Kier alpha value is -5.06. The number of ketones is 2. The Morgan fingerprint density at radius 2 is 0.896 bits per heavy atom. The fourth-order valence-electron chi connectivity index (χ4n) is 6.23. The molecule has 0 aliphatic heterocycles. The average Bonchev–Trinajstić information content (AvgIpc) is 3.04. The van der Waals surface area contributed by atoms with Gasteiger partial charge in [0.15, 0.2) is 34.6 Å². The van der Waals surface area contributed by atoms with Crippen LogP contribution in [-0.4, -0.2) is 42.2 Å². The van der Waals surface area contributed by atoms with E-state index in [4.69, 9.17) is 0 Å². The van der Waals surface area contributed by atoms with Gasteiger partial charge in [0, 0.05) is 65.9 Å². The van der Waals surface area contributed by atoms with E-state index in [-0.39, 0.29) is 68.9 Å². The fraction of sp³-hybridized carbons (Fsp3) is 0.105. The number of halogens is 2. The van der Waals surface area contributed by atoms with Crippen molar-refractivity contribution in [1.29, 1.82) is 0 Å². The molecule has 6 aromatic rings. The Labute approximate surface area is 291 Å². The normalized spacial score (nSPS) is 11.3.